The van der Waals surface area contributed by atoms with E-state index in [-0.39, 0.29) is 6.10 Å². The molecule has 0 aliphatic heterocycles. The van der Waals surface area contributed by atoms with Crippen LogP contribution < -0.4 is 5.32 Å². The van der Waals surface area contributed by atoms with E-state index in [0.29, 0.717) is 11.5 Å². The molecule has 0 amide bonds. The maximum absolute atomic E-state index is 9.16. The third-order valence-electron chi connectivity index (χ3n) is 3.33. The Morgan fingerprint density at radius 2 is 2.24 bits per heavy atom. The first-order valence-corrected chi connectivity index (χ1v) is 6.16. The van der Waals surface area contributed by atoms with Gasteiger partial charge in [0.05, 0.1) is 17.7 Å². The summed E-state index contributed by atoms with van der Waals surface area (Å²) in [6, 6.07) is 9.82. The minimum absolute atomic E-state index is 0.0488. The minimum Gasteiger partial charge on any atom is -0.393 e. The molecule has 0 radical (unpaired) electrons. The van der Waals surface area contributed by atoms with Gasteiger partial charge in [-0.1, -0.05) is 12.1 Å². The molecule has 0 heterocycles. The Morgan fingerprint density at radius 3 is 2.94 bits per heavy atom. The number of aliphatic hydroxyl groups is 1. The van der Waals surface area contributed by atoms with E-state index in [1.54, 1.807) is 0 Å². The average Bonchev–Trinajstić information content (AvgIpc) is 2.32. The third-order valence-corrected chi connectivity index (χ3v) is 3.33. The summed E-state index contributed by atoms with van der Waals surface area (Å²) in [6.07, 6.45) is 3.01. The number of nitrogens with zero attached hydrogens (tertiary/aromatic N) is 1. The minimum atomic E-state index is -0.0488. The van der Waals surface area contributed by atoms with Gasteiger partial charge in [0.15, 0.2) is 0 Å². The van der Waals surface area contributed by atoms with Crippen molar-refractivity contribution < 1.29 is 5.11 Å². The molecule has 1 fully saturated rings. The lowest BCUT2D eigenvalue weighted by molar-refractivity contribution is 0.0393. The molecule has 17 heavy (non-hydrogen) atoms. The van der Waals surface area contributed by atoms with Crippen LogP contribution in [0.1, 0.15) is 30.4 Å². The number of hydrogen-bond acceptors (Lipinski definition) is 3. The lowest BCUT2D eigenvalue weighted by atomic mass is 9.80. The summed E-state index contributed by atoms with van der Waals surface area (Å²) in [4.78, 5) is 0. The molecule has 1 saturated carbocycles. The zero-order chi connectivity index (χ0) is 12.1. The lowest BCUT2D eigenvalue weighted by Crippen LogP contribution is -2.30. The Morgan fingerprint density at radius 1 is 1.41 bits per heavy atom. The molecule has 0 spiro atoms. The van der Waals surface area contributed by atoms with Crippen LogP contribution >= 0.6 is 0 Å². The normalized spacial score (nSPS) is 22.8. The molecule has 2 N–H and O–H groups in total. The Labute approximate surface area is 102 Å². The van der Waals surface area contributed by atoms with Gasteiger partial charge in [-0.05, 0) is 49.4 Å². The lowest BCUT2D eigenvalue weighted by Gasteiger charge is -2.31. The van der Waals surface area contributed by atoms with Crippen LogP contribution in [0.3, 0.4) is 0 Å². The second-order valence-corrected chi connectivity index (χ2v) is 4.77. The smallest absolute Gasteiger partial charge is 0.0991 e. The average molecular weight is 230 g/mol. The Balaban J connectivity index is 1.66. The fourth-order valence-corrected chi connectivity index (χ4v) is 2.23. The van der Waals surface area contributed by atoms with Gasteiger partial charge in [0.2, 0.25) is 0 Å². The van der Waals surface area contributed by atoms with E-state index in [4.69, 9.17) is 10.4 Å². The molecule has 0 atom stereocenters. The van der Waals surface area contributed by atoms with E-state index < -0.39 is 0 Å². The van der Waals surface area contributed by atoms with Crippen molar-refractivity contribution in [3.8, 4) is 6.07 Å². The number of benzene rings is 1. The molecule has 2 rings (SSSR count). The van der Waals surface area contributed by atoms with Gasteiger partial charge in [0.25, 0.3) is 0 Å². The maximum Gasteiger partial charge on any atom is 0.0991 e. The fourth-order valence-electron chi connectivity index (χ4n) is 2.23. The molecule has 1 aromatic rings. The van der Waals surface area contributed by atoms with Gasteiger partial charge in [-0.25, -0.2) is 0 Å². The third kappa shape index (κ3) is 3.55. The summed E-state index contributed by atoms with van der Waals surface area (Å²) in [5.41, 5.74) is 1.86. The standard InChI is InChI=1S/C14H18N2O/c15-9-12-2-1-3-13(6-12)10-16-5-4-11-7-14(17)8-11/h1-3,6,11,14,16-17H,4-5,7-8,10H2. The highest BCUT2D eigenvalue weighted by molar-refractivity contribution is 5.32. The van der Waals surface area contributed by atoms with E-state index in [1.165, 1.54) is 0 Å². The summed E-state index contributed by atoms with van der Waals surface area (Å²) < 4.78 is 0. The highest BCUT2D eigenvalue weighted by Crippen LogP contribution is 2.29. The summed E-state index contributed by atoms with van der Waals surface area (Å²) in [6.45, 7) is 1.79. The van der Waals surface area contributed by atoms with Crippen molar-refractivity contribution in [2.75, 3.05) is 6.54 Å². The van der Waals surface area contributed by atoms with E-state index in [0.717, 1.165) is 37.9 Å². The van der Waals surface area contributed by atoms with Crippen molar-refractivity contribution in [1.29, 1.82) is 5.26 Å². The topological polar surface area (TPSA) is 56.0 Å². The Bertz CT molecular complexity index is 405. The van der Waals surface area contributed by atoms with Crippen molar-refractivity contribution in [2.24, 2.45) is 5.92 Å². The molecule has 1 aromatic carbocycles. The van der Waals surface area contributed by atoms with Crippen LogP contribution in [0.4, 0.5) is 0 Å². The zero-order valence-corrected chi connectivity index (χ0v) is 9.89. The predicted octanol–water partition coefficient (Wildman–Crippen LogP) is 1.81. The van der Waals surface area contributed by atoms with Gasteiger partial charge in [-0.3, -0.25) is 0 Å². The van der Waals surface area contributed by atoms with E-state index in [9.17, 15) is 0 Å². The van der Waals surface area contributed by atoms with Crippen LogP contribution in [0.15, 0.2) is 24.3 Å². The molecule has 0 saturated heterocycles. The molecule has 0 bridgehead atoms. The van der Waals surface area contributed by atoms with Gasteiger partial charge >= 0.3 is 0 Å². The first kappa shape index (κ1) is 12.1. The molecular formula is C14H18N2O. The summed E-state index contributed by atoms with van der Waals surface area (Å²) in [5.74, 6) is 0.697. The van der Waals surface area contributed by atoms with Crippen molar-refractivity contribution >= 4 is 0 Å². The van der Waals surface area contributed by atoms with Crippen LogP contribution in [0.5, 0.6) is 0 Å². The maximum atomic E-state index is 9.16. The van der Waals surface area contributed by atoms with E-state index in [1.807, 2.05) is 24.3 Å². The highest BCUT2D eigenvalue weighted by Gasteiger charge is 2.26. The number of nitriles is 1. The quantitative estimate of drug-likeness (QED) is 0.758. The number of aliphatic hydroxyl groups excluding tert-OH is 1. The molecule has 3 nitrogen and oxygen atoms in total. The zero-order valence-electron chi connectivity index (χ0n) is 9.89. The van der Waals surface area contributed by atoms with Crippen LogP contribution in [-0.4, -0.2) is 17.8 Å². The van der Waals surface area contributed by atoms with Crippen LogP contribution in [0.25, 0.3) is 0 Å². The summed E-state index contributed by atoms with van der Waals surface area (Å²) in [7, 11) is 0. The SMILES string of the molecule is N#Cc1cccc(CNCCC2CC(O)C2)c1. The molecule has 90 valence electrons. The molecule has 3 heteroatoms. The summed E-state index contributed by atoms with van der Waals surface area (Å²) >= 11 is 0. The molecular weight excluding hydrogens is 212 g/mol. The fraction of sp³-hybridized carbons (Fsp3) is 0.500. The van der Waals surface area contributed by atoms with E-state index >= 15 is 0 Å². The monoisotopic (exact) mass is 230 g/mol. The summed E-state index contributed by atoms with van der Waals surface area (Å²) in [5, 5.41) is 21.3. The van der Waals surface area contributed by atoms with Gasteiger partial charge in [0, 0.05) is 6.54 Å². The number of hydrogen-bond donors (Lipinski definition) is 2. The number of nitrogens with one attached hydrogen (secondary N) is 1. The van der Waals surface area contributed by atoms with Crippen LogP contribution in [-0.2, 0) is 6.54 Å². The second kappa shape index (κ2) is 5.81. The van der Waals surface area contributed by atoms with Crippen molar-refractivity contribution in [3.63, 3.8) is 0 Å². The van der Waals surface area contributed by atoms with Gasteiger partial charge in [-0.15, -0.1) is 0 Å². The molecule has 0 aromatic heterocycles. The molecule has 0 unspecified atom stereocenters. The van der Waals surface area contributed by atoms with Crippen molar-refractivity contribution in [2.45, 2.75) is 31.9 Å². The first-order valence-electron chi connectivity index (χ1n) is 6.16. The Hall–Kier alpha value is -1.37. The van der Waals surface area contributed by atoms with Crippen molar-refractivity contribution in [1.82, 2.24) is 5.32 Å². The van der Waals surface area contributed by atoms with Crippen LogP contribution in [0, 0.1) is 17.2 Å². The highest BCUT2D eigenvalue weighted by atomic mass is 16.3. The first-order chi connectivity index (χ1) is 8.28. The number of rotatable bonds is 5. The van der Waals surface area contributed by atoms with E-state index in [2.05, 4.69) is 11.4 Å². The van der Waals surface area contributed by atoms with Gasteiger partial charge < -0.3 is 10.4 Å². The largest absolute Gasteiger partial charge is 0.393 e. The van der Waals surface area contributed by atoms with Gasteiger partial charge in [0.1, 0.15) is 0 Å². The van der Waals surface area contributed by atoms with Gasteiger partial charge in [-0.2, -0.15) is 5.26 Å². The Kier molecular flexibility index (Phi) is 4.13. The second-order valence-electron chi connectivity index (χ2n) is 4.77. The predicted molar refractivity (Wildman–Crippen MR) is 66.2 cm³/mol. The molecule has 1 aliphatic rings. The van der Waals surface area contributed by atoms with Crippen molar-refractivity contribution in [3.05, 3.63) is 35.4 Å². The van der Waals surface area contributed by atoms with Crippen LogP contribution in [0.2, 0.25) is 0 Å². The molecule has 1 aliphatic carbocycles.